The molecule has 4 rings (SSSR count). The zero-order valence-electron chi connectivity index (χ0n) is 23.1. The van der Waals surface area contributed by atoms with E-state index >= 15 is 0 Å². The summed E-state index contributed by atoms with van der Waals surface area (Å²) in [4.78, 5) is 13.6. The van der Waals surface area contributed by atoms with Gasteiger partial charge in [0.25, 0.3) is 0 Å². The van der Waals surface area contributed by atoms with E-state index in [1.807, 2.05) is 36.4 Å². The highest BCUT2D eigenvalue weighted by molar-refractivity contribution is 5.85. The number of carbonyl (C=O) groups is 1. The summed E-state index contributed by atoms with van der Waals surface area (Å²) in [5, 5.41) is 9.12. The molecule has 0 bridgehead atoms. The molecule has 0 aliphatic carbocycles. The first-order valence-electron chi connectivity index (χ1n) is 13.4. The lowest BCUT2D eigenvalue weighted by Gasteiger charge is -2.29. The summed E-state index contributed by atoms with van der Waals surface area (Å²) < 4.78 is 11.6. The maximum Gasteiger partial charge on any atom is 0.307 e. The summed E-state index contributed by atoms with van der Waals surface area (Å²) in [5.74, 6) is 0.939. The SMILES string of the molecule is COc1ccc(CN(CC[C@@H](C)Oc2cccc(CC(=O)O)c2)CC(c2ccccc2)c2ccccc2)cc1.Cl. The Kier molecular flexibility index (Phi) is 12.1. The van der Waals surface area contributed by atoms with Crippen molar-refractivity contribution in [2.75, 3.05) is 20.2 Å². The summed E-state index contributed by atoms with van der Waals surface area (Å²) in [5.41, 5.74) is 4.55. The molecule has 0 aromatic heterocycles. The molecule has 5 nitrogen and oxygen atoms in total. The van der Waals surface area contributed by atoms with Gasteiger partial charge >= 0.3 is 5.97 Å². The second-order valence-corrected chi connectivity index (χ2v) is 9.89. The van der Waals surface area contributed by atoms with Crippen molar-refractivity contribution in [3.05, 3.63) is 131 Å². The highest BCUT2D eigenvalue weighted by Crippen LogP contribution is 2.27. The smallest absolute Gasteiger partial charge is 0.307 e. The van der Waals surface area contributed by atoms with E-state index in [2.05, 4.69) is 84.6 Å². The third-order valence-electron chi connectivity index (χ3n) is 6.85. The van der Waals surface area contributed by atoms with E-state index in [9.17, 15) is 4.79 Å². The molecular formula is C34H38ClNO4. The van der Waals surface area contributed by atoms with Crippen LogP contribution in [-0.4, -0.2) is 42.3 Å². The second-order valence-electron chi connectivity index (χ2n) is 9.89. The van der Waals surface area contributed by atoms with Crippen LogP contribution in [0.15, 0.2) is 109 Å². The van der Waals surface area contributed by atoms with Gasteiger partial charge in [0, 0.05) is 25.6 Å². The molecule has 0 radical (unpaired) electrons. The third-order valence-corrected chi connectivity index (χ3v) is 6.85. The van der Waals surface area contributed by atoms with Gasteiger partial charge in [-0.1, -0.05) is 84.9 Å². The number of carboxylic acids is 1. The van der Waals surface area contributed by atoms with E-state index in [1.165, 1.54) is 16.7 Å². The Hall–Kier alpha value is -3.80. The molecule has 4 aromatic carbocycles. The molecule has 1 N–H and O–H groups in total. The van der Waals surface area contributed by atoms with Crippen LogP contribution < -0.4 is 9.47 Å². The Morgan fingerprint density at radius 1 is 0.800 bits per heavy atom. The Balaban J connectivity index is 0.00000441. The molecule has 0 unspecified atom stereocenters. The topological polar surface area (TPSA) is 59.0 Å². The maximum absolute atomic E-state index is 11.1. The zero-order valence-corrected chi connectivity index (χ0v) is 23.9. The Morgan fingerprint density at radius 3 is 2.00 bits per heavy atom. The molecule has 0 heterocycles. The lowest BCUT2D eigenvalue weighted by molar-refractivity contribution is -0.136. The van der Waals surface area contributed by atoms with Crippen molar-refractivity contribution >= 4 is 18.4 Å². The lowest BCUT2D eigenvalue weighted by atomic mass is 9.90. The van der Waals surface area contributed by atoms with Gasteiger partial charge in [-0.05, 0) is 59.9 Å². The molecule has 0 spiro atoms. The van der Waals surface area contributed by atoms with Crippen molar-refractivity contribution in [2.45, 2.75) is 38.3 Å². The van der Waals surface area contributed by atoms with Crippen molar-refractivity contribution < 1.29 is 19.4 Å². The van der Waals surface area contributed by atoms with E-state index in [0.29, 0.717) is 5.75 Å². The van der Waals surface area contributed by atoms with E-state index in [-0.39, 0.29) is 30.8 Å². The fourth-order valence-corrected chi connectivity index (χ4v) is 4.82. The maximum atomic E-state index is 11.1. The Morgan fingerprint density at radius 2 is 1.43 bits per heavy atom. The molecule has 210 valence electrons. The van der Waals surface area contributed by atoms with E-state index in [1.54, 1.807) is 7.11 Å². The fraction of sp³-hybridized carbons (Fsp3) is 0.265. The number of hydrogen-bond donors (Lipinski definition) is 1. The van der Waals surface area contributed by atoms with Crippen LogP contribution in [0.2, 0.25) is 0 Å². The average Bonchev–Trinajstić information content (AvgIpc) is 2.95. The highest BCUT2D eigenvalue weighted by atomic mass is 35.5. The van der Waals surface area contributed by atoms with Crippen LogP contribution in [0.3, 0.4) is 0 Å². The minimum absolute atomic E-state index is 0. The molecular weight excluding hydrogens is 522 g/mol. The number of nitrogens with zero attached hydrogens (tertiary/aromatic N) is 1. The van der Waals surface area contributed by atoms with Gasteiger partial charge in [0.15, 0.2) is 0 Å². The molecule has 0 fully saturated rings. The zero-order chi connectivity index (χ0) is 27.5. The molecule has 0 saturated carbocycles. The third kappa shape index (κ3) is 9.44. The number of benzene rings is 4. The first kappa shape index (κ1) is 30.7. The van der Waals surface area contributed by atoms with Gasteiger partial charge in [0.05, 0.1) is 19.6 Å². The Labute approximate surface area is 243 Å². The standard InChI is InChI=1S/C34H37NO4.ClH/c1-26(39-32-15-9-10-28(22-32)23-34(36)37)20-21-35(24-27-16-18-31(38-2)19-17-27)25-33(29-11-5-3-6-12-29)30-13-7-4-8-14-30;/h3-19,22,26,33H,20-21,23-25H2,1-2H3,(H,36,37);1H/t26-;/m1./s1. The van der Waals surface area contributed by atoms with Gasteiger partial charge in [0.1, 0.15) is 11.5 Å². The monoisotopic (exact) mass is 559 g/mol. The number of hydrogen-bond acceptors (Lipinski definition) is 4. The van der Waals surface area contributed by atoms with Crippen LogP contribution in [0.4, 0.5) is 0 Å². The average molecular weight is 560 g/mol. The number of ether oxygens (including phenoxy) is 2. The van der Waals surface area contributed by atoms with Crippen molar-refractivity contribution in [3.8, 4) is 11.5 Å². The van der Waals surface area contributed by atoms with Crippen molar-refractivity contribution in [1.29, 1.82) is 0 Å². The molecule has 4 aromatic rings. The minimum Gasteiger partial charge on any atom is -0.497 e. The minimum atomic E-state index is -0.847. The lowest BCUT2D eigenvalue weighted by Crippen LogP contribution is -2.32. The van der Waals surface area contributed by atoms with Crippen LogP contribution in [0, 0.1) is 0 Å². The van der Waals surface area contributed by atoms with Crippen LogP contribution in [0.25, 0.3) is 0 Å². The Bertz CT molecular complexity index is 1260. The van der Waals surface area contributed by atoms with E-state index in [4.69, 9.17) is 14.6 Å². The normalized spacial score (nSPS) is 11.6. The quantitative estimate of drug-likeness (QED) is 0.176. The predicted molar refractivity (Wildman–Crippen MR) is 163 cm³/mol. The van der Waals surface area contributed by atoms with Crippen LogP contribution in [-0.2, 0) is 17.8 Å². The summed E-state index contributed by atoms with van der Waals surface area (Å²) in [7, 11) is 1.68. The number of aliphatic carboxylic acids is 1. The number of carboxylic acid groups (broad SMARTS) is 1. The number of halogens is 1. The molecule has 0 aliphatic heterocycles. The number of rotatable bonds is 14. The van der Waals surface area contributed by atoms with Crippen molar-refractivity contribution in [3.63, 3.8) is 0 Å². The van der Waals surface area contributed by atoms with Gasteiger partial charge in [0.2, 0.25) is 0 Å². The summed E-state index contributed by atoms with van der Waals surface area (Å²) in [6.45, 7) is 4.58. The first-order valence-corrected chi connectivity index (χ1v) is 13.4. The van der Waals surface area contributed by atoms with Gasteiger partial charge in [-0.3, -0.25) is 9.69 Å². The summed E-state index contributed by atoms with van der Waals surface area (Å²) in [6.07, 6.45) is 0.785. The van der Waals surface area contributed by atoms with Gasteiger partial charge in [-0.25, -0.2) is 0 Å². The molecule has 40 heavy (non-hydrogen) atoms. The number of methoxy groups -OCH3 is 1. The second kappa shape index (κ2) is 15.7. The fourth-order valence-electron chi connectivity index (χ4n) is 4.82. The first-order chi connectivity index (χ1) is 19.0. The van der Waals surface area contributed by atoms with Crippen molar-refractivity contribution in [2.24, 2.45) is 0 Å². The van der Waals surface area contributed by atoms with Crippen LogP contribution >= 0.6 is 12.4 Å². The molecule has 6 heteroatoms. The molecule has 0 saturated heterocycles. The van der Waals surface area contributed by atoms with Gasteiger partial charge in [-0.2, -0.15) is 0 Å². The predicted octanol–water partition coefficient (Wildman–Crippen LogP) is 7.24. The van der Waals surface area contributed by atoms with E-state index in [0.717, 1.165) is 37.4 Å². The molecule has 1 atom stereocenters. The van der Waals surface area contributed by atoms with E-state index < -0.39 is 5.97 Å². The molecule has 0 amide bonds. The summed E-state index contributed by atoms with van der Waals surface area (Å²) in [6, 6.07) is 37.0. The molecule has 0 aliphatic rings. The largest absolute Gasteiger partial charge is 0.497 e. The van der Waals surface area contributed by atoms with Crippen molar-refractivity contribution in [1.82, 2.24) is 4.90 Å². The van der Waals surface area contributed by atoms with Crippen LogP contribution in [0.1, 0.15) is 41.5 Å². The van der Waals surface area contributed by atoms with Gasteiger partial charge < -0.3 is 14.6 Å². The van der Waals surface area contributed by atoms with Gasteiger partial charge in [-0.15, -0.1) is 12.4 Å². The highest BCUT2D eigenvalue weighted by Gasteiger charge is 2.20. The summed E-state index contributed by atoms with van der Waals surface area (Å²) >= 11 is 0. The van der Waals surface area contributed by atoms with Crippen LogP contribution in [0.5, 0.6) is 11.5 Å².